The van der Waals surface area contributed by atoms with Crippen LogP contribution in [-0.2, 0) is 17.9 Å². The number of benzene rings is 1. The van der Waals surface area contributed by atoms with Crippen molar-refractivity contribution in [2.75, 3.05) is 6.54 Å². The lowest BCUT2D eigenvalue weighted by atomic mass is 9.97. The summed E-state index contributed by atoms with van der Waals surface area (Å²) in [7, 11) is 0. The third-order valence-corrected chi connectivity index (χ3v) is 5.31. The minimum atomic E-state index is 0.146. The minimum Gasteiger partial charge on any atom is -0.345 e. The highest BCUT2D eigenvalue weighted by Crippen LogP contribution is 2.19. The molecular formula is C23H33ClN2O. The number of rotatable bonds is 11. The average Bonchev–Trinajstić information content (AvgIpc) is 3.08. The molecule has 0 aliphatic heterocycles. The summed E-state index contributed by atoms with van der Waals surface area (Å²) in [5, 5.41) is 0.755. The van der Waals surface area contributed by atoms with Gasteiger partial charge in [0.15, 0.2) is 0 Å². The van der Waals surface area contributed by atoms with Gasteiger partial charge in [-0.1, -0.05) is 57.3 Å². The molecule has 0 bridgehead atoms. The Hall–Kier alpha value is -1.74. The van der Waals surface area contributed by atoms with E-state index in [0.717, 1.165) is 50.2 Å². The van der Waals surface area contributed by atoms with Gasteiger partial charge in [-0.05, 0) is 49.1 Å². The molecule has 0 aliphatic rings. The zero-order valence-corrected chi connectivity index (χ0v) is 17.7. The molecule has 0 radical (unpaired) electrons. The van der Waals surface area contributed by atoms with Gasteiger partial charge < -0.3 is 9.47 Å². The zero-order chi connectivity index (χ0) is 19.6. The summed E-state index contributed by atoms with van der Waals surface area (Å²) >= 11 is 6.12. The Morgan fingerprint density at radius 3 is 2.63 bits per heavy atom. The molecule has 2 aromatic rings. The standard InChI is InChI=1S/C23H33ClN2O/c1-4-7-11-20(6-3)23(27)26(14-5-2)18-22-13-9-15-25(22)17-19-10-8-12-21(24)16-19/h8-10,12-13,15-16,20H,4-7,11,14,17-18H2,1-3H3/t20-/m0/s1. The molecule has 0 spiro atoms. The summed E-state index contributed by atoms with van der Waals surface area (Å²) < 4.78 is 2.22. The summed E-state index contributed by atoms with van der Waals surface area (Å²) in [5.41, 5.74) is 2.34. The molecule has 0 fully saturated rings. The third kappa shape index (κ3) is 6.42. The molecule has 0 unspecified atom stereocenters. The topological polar surface area (TPSA) is 25.2 Å². The minimum absolute atomic E-state index is 0.146. The van der Waals surface area contributed by atoms with E-state index in [-0.39, 0.29) is 5.92 Å². The van der Waals surface area contributed by atoms with Gasteiger partial charge in [0.1, 0.15) is 0 Å². The first-order valence-electron chi connectivity index (χ1n) is 10.3. The number of halogens is 1. The van der Waals surface area contributed by atoms with Gasteiger partial charge in [0.05, 0.1) is 6.54 Å². The molecule has 1 amide bonds. The highest BCUT2D eigenvalue weighted by molar-refractivity contribution is 6.30. The van der Waals surface area contributed by atoms with Crippen LogP contribution >= 0.6 is 11.6 Å². The maximum atomic E-state index is 13.1. The van der Waals surface area contributed by atoms with Gasteiger partial charge in [0.25, 0.3) is 0 Å². The van der Waals surface area contributed by atoms with E-state index in [1.54, 1.807) is 0 Å². The van der Waals surface area contributed by atoms with Crippen LogP contribution < -0.4 is 0 Å². The zero-order valence-electron chi connectivity index (χ0n) is 17.0. The van der Waals surface area contributed by atoms with E-state index in [4.69, 9.17) is 11.6 Å². The lowest BCUT2D eigenvalue weighted by molar-refractivity contribution is -0.136. The average molecular weight is 389 g/mol. The van der Waals surface area contributed by atoms with Crippen molar-refractivity contribution in [3.8, 4) is 0 Å². The summed E-state index contributed by atoms with van der Waals surface area (Å²) in [6, 6.07) is 12.1. The van der Waals surface area contributed by atoms with Crippen molar-refractivity contribution in [1.29, 1.82) is 0 Å². The van der Waals surface area contributed by atoms with Gasteiger partial charge in [0.2, 0.25) is 5.91 Å². The number of nitrogens with zero attached hydrogens (tertiary/aromatic N) is 2. The maximum absolute atomic E-state index is 13.1. The summed E-state index contributed by atoms with van der Waals surface area (Å²) in [6.45, 7) is 8.70. The van der Waals surface area contributed by atoms with E-state index in [1.807, 2.05) is 23.1 Å². The molecule has 1 aromatic heterocycles. The van der Waals surface area contributed by atoms with Gasteiger partial charge in [-0.3, -0.25) is 4.79 Å². The van der Waals surface area contributed by atoms with Gasteiger partial charge >= 0.3 is 0 Å². The van der Waals surface area contributed by atoms with Crippen LogP contribution in [0.4, 0.5) is 0 Å². The predicted octanol–water partition coefficient (Wildman–Crippen LogP) is 6.14. The Morgan fingerprint density at radius 1 is 1.15 bits per heavy atom. The Labute approximate surface area is 169 Å². The molecule has 2 rings (SSSR count). The Bertz CT molecular complexity index is 710. The van der Waals surface area contributed by atoms with Crippen LogP contribution in [0, 0.1) is 5.92 Å². The van der Waals surface area contributed by atoms with E-state index < -0.39 is 0 Å². The van der Waals surface area contributed by atoms with E-state index in [1.165, 1.54) is 11.3 Å². The molecular weight excluding hydrogens is 356 g/mol. The molecule has 1 aromatic carbocycles. The van der Waals surface area contributed by atoms with Crippen LogP contribution in [0.15, 0.2) is 42.6 Å². The maximum Gasteiger partial charge on any atom is 0.226 e. The fourth-order valence-corrected chi connectivity index (χ4v) is 3.74. The van der Waals surface area contributed by atoms with Crippen molar-refractivity contribution < 1.29 is 4.79 Å². The second-order valence-electron chi connectivity index (χ2n) is 7.26. The van der Waals surface area contributed by atoms with Crippen molar-refractivity contribution in [1.82, 2.24) is 9.47 Å². The first-order valence-corrected chi connectivity index (χ1v) is 10.6. The third-order valence-electron chi connectivity index (χ3n) is 5.07. The van der Waals surface area contributed by atoms with Crippen molar-refractivity contribution >= 4 is 17.5 Å². The molecule has 0 saturated heterocycles. The van der Waals surface area contributed by atoms with Crippen LogP contribution in [0.1, 0.15) is 64.1 Å². The van der Waals surface area contributed by atoms with Crippen LogP contribution in [-0.4, -0.2) is 21.9 Å². The summed E-state index contributed by atoms with van der Waals surface area (Å²) in [6.07, 6.45) is 7.23. The normalized spacial score (nSPS) is 12.1. The first kappa shape index (κ1) is 21.6. The van der Waals surface area contributed by atoms with Crippen molar-refractivity contribution in [2.45, 2.75) is 66.0 Å². The highest BCUT2D eigenvalue weighted by atomic mass is 35.5. The Morgan fingerprint density at radius 2 is 1.96 bits per heavy atom. The van der Waals surface area contributed by atoms with Gasteiger partial charge in [-0.15, -0.1) is 0 Å². The molecule has 1 heterocycles. The number of amides is 1. The number of carbonyl (C=O) groups is 1. The van der Waals surface area contributed by atoms with Gasteiger partial charge in [-0.2, -0.15) is 0 Å². The Kier molecular flexibility index (Phi) is 8.93. The molecule has 3 nitrogen and oxygen atoms in total. The number of aromatic nitrogens is 1. The molecule has 0 aliphatic carbocycles. The number of unbranched alkanes of at least 4 members (excludes halogenated alkanes) is 1. The SMILES string of the molecule is CCCC[C@H](CC)C(=O)N(CCC)Cc1cccn1Cc1cccc(Cl)c1. The monoisotopic (exact) mass is 388 g/mol. The lowest BCUT2D eigenvalue weighted by Gasteiger charge is -2.27. The van der Waals surface area contributed by atoms with Crippen LogP contribution in [0.2, 0.25) is 5.02 Å². The second kappa shape index (κ2) is 11.2. The summed E-state index contributed by atoms with van der Waals surface area (Å²) in [5.74, 6) is 0.455. The predicted molar refractivity (Wildman–Crippen MR) is 114 cm³/mol. The lowest BCUT2D eigenvalue weighted by Crippen LogP contribution is -2.36. The van der Waals surface area contributed by atoms with Gasteiger partial charge in [0, 0.05) is 35.9 Å². The fourth-order valence-electron chi connectivity index (χ4n) is 3.52. The van der Waals surface area contributed by atoms with E-state index in [2.05, 4.69) is 49.7 Å². The quantitative estimate of drug-likeness (QED) is 0.453. The van der Waals surface area contributed by atoms with E-state index >= 15 is 0 Å². The number of hydrogen-bond acceptors (Lipinski definition) is 1. The fraction of sp³-hybridized carbons (Fsp3) is 0.522. The Balaban J connectivity index is 2.12. The van der Waals surface area contributed by atoms with Gasteiger partial charge in [-0.25, -0.2) is 0 Å². The molecule has 27 heavy (non-hydrogen) atoms. The largest absolute Gasteiger partial charge is 0.345 e. The smallest absolute Gasteiger partial charge is 0.226 e. The van der Waals surface area contributed by atoms with E-state index in [9.17, 15) is 4.79 Å². The molecule has 0 saturated carbocycles. The van der Waals surface area contributed by atoms with Crippen LogP contribution in [0.25, 0.3) is 0 Å². The highest BCUT2D eigenvalue weighted by Gasteiger charge is 2.23. The molecule has 148 valence electrons. The molecule has 0 N–H and O–H groups in total. The second-order valence-corrected chi connectivity index (χ2v) is 7.70. The summed E-state index contributed by atoms with van der Waals surface area (Å²) in [4.78, 5) is 15.2. The van der Waals surface area contributed by atoms with Crippen LogP contribution in [0.5, 0.6) is 0 Å². The number of carbonyl (C=O) groups excluding carboxylic acids is 1. The van der Waals surface area contributed by atoms with E-state index in [0.29, 0.717) is 12.5 Å². The van der Waals surface area contributed by atoms with Crippen molar-refractivity contribution in [2.24, 2.45) is 5.92 Å². The van der Waals surface area contributed by atoms with Crippen molar-refractivity contribution in [3.63, 3.8) is 0 Å². The van der Waals surface area contributed by atoms with Crippen molar-refractivity contribution in [3.05, 3.63) is 58.9 Å². The molecule has 4 heteroatoms. The van der Waals surface area contributed by atoms with Crippen LogP contribution in [0.3, 0.4) is 0 Å². The number of hydrogen-bond donors (Lipinski definition) is 0. The first-order chi connectivity index (χ1) is 13.1. The molecule has 1 atom stereocenters.